The van der Waals surface area contributed by atoms with E-state index in [-0.39, 0.29) is 12.0 Å². The van der Waals surface area contributed by atoms with Gasteiger partial charge >= 0.3 is 0 Å². The second-order valence-electron chi connectivity index (χ2n) is 8.24. The molecule has 0 aliphatic rings. The molecule has 1 rings (SSSR count). The van der Waals surface area contributed by atoms with Crippen molar-refractivity contribution >= 4 is 0 Å². The van der Waals surface area contributed by atoms with E-state index in [1.54, 1.807) is 0 Å². The van der Waals surface area contributed by atoms with Gasteiger partial charge in [0.15, 0.2) is 0 Å². The lowest BCUT2D eigenvalue weighted by molar-refractivity contribution is -0.00779. The Kier molecular flexibility index (Phi) is 16.5. The lowest BCUT2D eigenvalue weighted by Gasteiger charge is -2.25. The summed E-state index contributed by atoms with van der Waals surface area (Å²) >= 11 is 0. The number of unbranched alkanes of at least 4 members (excludes halogenated alkanes) is 3. The highest BCUT2D eigenvalue weighted by atomic mass is 16.6. The summed E-state index contributed by atoms with van der Waals surface area (Å²) in [5.41, 5.74) is 1.57. The molecule has 1 aromatic rings. The topological polar surface area (TPSA) is 66.4 Å². The molecule has 0 aromatic heterocycles. The zero-order valence-electron chi connectivity index (χ0n) is 19.9. The van der Waals surface area contributed by atoms with Crippen LogP contribution in [0.2, 0.25) is 0 Å². The summed E-state index contributed by atoms with van der Waals surface area (Å²) in [5.74, 6) is 0.880. The van der Waals surface area contributed by atoms with Crippen molar-refractivity contribution in [3.8, 4) is 5.75 Å². The average molecular weight is 441 g/mol. The fraction of sp³-hybridized carbons (Fsp3) is 0.760. The van der Waals surface area contributed by atoms with E-state index in [9.17, 15) is 0 Å². The number of aliphatic hydroxyl groups excluding tert-OH is 1. The summed E-state index contributed by atoms with van der Waals surface area (Å²) < 4.78 is 27.2. The minimum atomic E-state index is 0.0397. The molecule has 1 aromatic carbocycles. The molecule has 0 saturated heterocycles. The van der Waals surface area contributed by atoms with Gasteiger partial charge in [0.1, 0.15) is 12.4 Å². The van der Waals surface area contributed by atoms with Gasteiger partial charge in [0.25, 0.3) is 0 Å². The first-order valence-electron chi connectivity index (χ1n) is 11.8. The maximum Gasteiger partial charge on any atom is 0.119 e. The van der Waals surface area contributed by atoms with Gasteiger partial charge in [-0.15, -0.1) is 0 Å². The Labute approximate surface area is 189 Å². The van der Waals surface area contributed by atoms with Crippen LogP contribution in [0.3, 0.4) is 0 Å². The summed E-state index contributed by atoms with van der Waals surface area (Å²) in [6.45, 7) is 11.5. The highest BCUT2D eigenvalue weighted by Gasteiger charge is 2.19. The summed E-state index contributed by atoms with van der Waals surface area (Å²) in [7, 11) is 0. The van der Waals surface area contributed by atoms with Crippen LogP contribution in [-0.4, -0.2) is 71.2 Å². The van der Waals surface area contributed by atoms with Crippen molar-refractivity contribution in [2.24, 2.45) is 0 Å². The van der Waals surface area contributed by atoms with Crippen LogP contribution in [0.25, 0.3) is 0 Å². The van der Waals surface area contributed by atoms with E-state index in [4.69, 9.17) is 28.8 Å². The Balaban J connectivity index is 2.01. The Morgan fingerprint density at radius 1 is 0.677 bits per heavy atom. The fourth-order valence-electron chi connectivity index (χ4n) is 3.19. The first-order valence-corrected chi connectivity index (χ1v) is 11.8. The van der Waals surface area contributed by atoms with Gasteiger partial charge in [0, 0.05) is 0 Å². The van der Waals surface area contributed by atoms with Crippen molar-refractivity contribution < 1.29 is 28.8 Å². The summed E-state index contributed by atoms with van der Waals surface area (Å²) in [5, 5.41) is 8.57. The van der Waals surface area contributed by atoms with Crippen molar-refractivity contribution in [3.05, 3.63) is 29.8 Å². The Morgan fingerprint density at radius 2 is 1.19 bits per heavy atom. The molecule has 0 spiro atoms. The van der Waals surface area contributed by atoms with Gasteiger partial charge in [-0.25, -0.2) is 0 Å². The van der Waals surface area contributed by atoms with Crippen molar-refractivity contribution in [1.29, 1.82) is 0 Å². The third kappa shape index (κ3) is 14.5. The molecular weight excluding hydrogens is 396 g/mol. The van der Waals surface area contributed by atoms with E-state index in [0.717, 1.165) is 5.75 Å². The smallest absolute Gasteiger partial charge is 0.119 e. The van der Waals surface area contributed by atoms with Gasteiger partial charge in [0.2, 0.25) is 0 Å². The molecule has 6 heteroatoms. The molecular formula is C25H44O6. The third-order valence-corrected chi connectivity index (χ3v) is 5.14. The normalized spacial score (nSPS) is 11.7. The number of rotatable bonds is 21. The van der Waals surface area contributed by atoms with Gasteiger partial charge in [-0.2, -0.15) is 0 Å². The molecule has 0 heterocycles. The standard InChI is InChI=1S/C25H44O6/c1-4-5-6-7-12-25(2,3)23-8-10-24(11-9-23)31-22-21-30-20-19-29-18-17-28-16-15-27-14-13-26/h8-11,26H,4-7,12-22H2,1-3H3. The van der Waals surface area contributed by atoms with Crippen molar-refractivity contribution in [1.82, 2.24) is 0 Å². The largest absolute Gasteiger partial charge is 0.491 e. The molecule has 0 radical (unpaired) electrons. The second kappa shape index (κ2) is 18.4. The van der Waals surface area contributed by atoms with Gasteiger partial charge in [0.05, 0.1) is 59.5 Å². The summed E-state index contributed by atoms with van der Waals surface area (Å²) in [4.78, 5) is 0. The SMILES string of the molecule is CCCCCCC(C)(C)c1ccc(OCCOCCOCCOCCOCCO)cc1. The monoisotopic (exact) mass is 440 g/mol. The number of aliphatic hydroxyl groups is 1. The first kappa shape index (κ1) is 27.9. The molecule has 0 saturated carbocycles. The molecule has 0 fully saturated rings. The van der Waals surface area contributed by atoms with Crippen LogP contribution >= 0.6 is 0 Å². The highest BCUT2D eigenvalue weighted by Crippen LogP contribution is 2.30. The molecule has 0 bridgehead atoms. The lowest BCUT2D eigenvalue weighted by Crippen LogP contribution is -2.17. The zero-order chi connectivity index (χ0) is 22.6. The van der Waals surface area contributed by atoms with Crippen LogP contribution in [-0.2, 0) is 24.4 Å². The van der Waals surface area contributed by atoms with E-state index >= 15 is 0 Å². The Morgan fingerprint density at radius 3 is 1.71 bits per heavy atom. The molecule has 1 N–H and O–H groups in total. The van der Waals surface area contributed by atoms with Crippen molar-refractivity contribution in [2.45, 2.75) is 58.3 Å². The van der Waals surface area contributed by atoms with Crippen molar-refractivity contribution in [3.63, 3.8) is 0 Å². The Hall–Kier alpha value is -1.18. The Bertz CT molecular complexity index is 517. The summed E-state index contributed by atoms with van der Waals surface area (Å²) in [6, 6.07) is 8.48. The van der Waals surface area contributed by atoms with Crippen molar-refractivity contribution in [2.75, 3.05) is 66.1 Å². The van der Waals surface area contributed by atoms with Crippen LogP contribution in [0, 0.1) is 0 Å². The molecule has 180 valence electrons. The fourth-order valence-corrected chi connectivity index (χ4v) is 3.19. The predicted molar refractivity (Wildman–Crippen MR) is 124 cm³/mol. The lowest BCUT2D eigenvalue weighted by atomic mass is 9.80. The third-order valence-electron chi connectivity index (χ3n) is 5.14. The number of benzene rings is 1. The maximum absolute atomic E-state index is 8.57. The highest BCUT2D eigenvalue weighted by molar-refractivity contribution is 5.31. The van der Waals surface area contributed by atoms with E-state index in [2.05, 4.69) is 45.0 Å². The first-order chi connectivity index (χ1) is 15.1. The molecule has 6 nitrogen and oxygen atoms in total. The quantitative estimate of drug-likeness (QED) is 0.286. The van der Waals surface area contributed by atoms with Gasteiger partial charge in [-0.05, 0) is 29.5 Å². The summed E-state index contributed by atoms with van der Waals surface area (Å²) in [6.07, 6.45) is 6.43. The van der Waals surface area contributed by atoms with Gasteiger partial charge in [-0.1, -0.05) is 58.6 Å². The number of ether oxygens (including phenoxy) is 5. The maximum atomic E-state index is 8.57. The predicted octanol–water partition coefficient (Wildman–Crippen LogP) is 4.37. The molecule has 0 aliphatic heterocycles. The minimum absolute atomic E-state index is 0.0397. The number of hydrogen-bond donors (Lipinski definition) is 1. The molecule has 31 heavy (non-hydrogen) atoms. The zero-order valence-corrected chi connectivity index (χ0v) is 19.9. The van der Waals surface area contributed by atoms with E-state index < -0.39 is 0 Å². The van der Waals surface area contributed by atoms with E-state index in [1.165, 1.54) is 37.7 Å². The van der Waals surface area contributed by atoms with Gasteiger partial charge < -0.3 is 28.8 Å². The van der Waals surface area contributed by atoms with Crippen LogP contribution in [0.4, 0.5) is 0 Å². The van der Waals surface area contributed by atoms with E-state index in [0.29, 0.717) is 59.5 Å². The van der Waals surface area contributed by atoms with Crippen LogP contribution in [0.1, 0.15) is 58.4 Å². The second-order valence-corrected chi connectivity index (χ2v) is 8.24. The molecule has 0 aliphatic carbocycles. The van der Waals surface area contributed by atoms with Gasteiger partial charge in [-0.3, -0.25) is 0 Å². The van der Waals surface area contributed by atoms with Crippen LogP contribution in [0.15, 0.2) is 24.3 Å². The molecule has 0 unspecified atom stereocenters. The van der Waals surface area contributed by atoms with Crippen LogP contribution in [0.5, 0.6) is 5.75 Å². The molecule has 0 atom stereocenters. The van der Waals surface area contributed by atoms with Crippen LogP contribution < -0.4 is 4.74 Å². The minimum Gasteiger partial charge on any atom is -0.491 e. The number of hydrogen-bond acceptors (Lipinski definition) is 6. The molecule has 0 amide bonds. The van der Waals surface area contributed by atoms with E-state index in [1.807, 2.05) is 0 Å². The average Bonchev–Trinajstić information content (AvgIpc) is 2.77.